The van der Waals surface area contributed by atoms with Crippen LogP contribution in [0.15, 0.2) is 48.5 Å². The van der Waals surface area contributed by atoms with Crippen molar-refractivity contribution in [2.75, 3.05) is 11.4 Å². The van der Waals surface area contributed by atoms with Gasteiger partial charge < -0.3 is 4.90 Å². The van der Waals surface area contributed by atoms with Gasteiger partial charge in [-0.25, -0.2) is 9.97 Å². The zero-order chi connectivity index (χ0) is 19.5. The molecule has 2 fully saturated rings. The molecule has 1 aromatic heterocycles. The third-order valence-corrected chi connectivity index (χ3v) is 6.56. The normalized spacial score (nSPS) is 26.0. The first kappa shape index (κ1) is 17.7. The fourth-order valence-corrected chi connectivity index (χ4v) is 5.87. The zero-order valence-electron chi connectivity index (χ0n) is 17.4. The fraction of sp³-hybridized carbons (Fsp3) is 0.440. The number of benzene rings is 2. The Kier molecular flexibility index (Phi) is 3.81. The summed E-state index contributed by atoms with van der Waals surface area (Å²) in [5.41, 5.74) is 5.26. The number of hydrogen-bond acceptors (Lipinski definition) is 3. The van der Waals surface area contributed by atoms with Crippen LogP contribution in [0.3, 0.4) is 0 Å². The summed E-state index contributed by atoms with van der Waals surface area (Å²) in [5, 5.41) is 1.14. The maximum atomic E-state index is 5.15. The minimum atomic E-state index is 0.366. The van der Waals surface area contributed by atoms with Crippen molar-refractivity contribution in [1.29, 1.82) is 0 Å². The van der Waals surface area contributed by atoms with E-state index in [0.717, 1.165) is 34.7 Å². The van der Waals surface area contributed by atoms with Crippen LogP contribution in [0.4, 0.5) is 5.95 Å². The monoisotopic (exact) mass is 371 g/mol. The van der Waals surface area contributed by atoms with Gasteiger partial charge in [0.15, 0.2) is 0 Å². The van der Waals surface area contributed by atoms with Crippen molar-refractivity contribution in [3.63, 3.8) is 0 Å². The van der Waals surface area contributed by atoms with Crippen molar-refractivity contribution in [2.45, 2.75) is 53.0 Å². The largest absolute Gasteiger partial charge is 0.337 e. The van der Waals surface area contributed by atoms with Crippen molar-refractivity contribution in [3.8, 4) is 11.3 Å². The minimum absolute atomic E-state index is 0.366. The molecule has 0 N–H and O–H groups in total. The van der Waals surface area contributed by atoms with E-state index < -0.39 is 0 Å². The first-order valence-electron chi connectivity index (χ1n) is 10.4. The Morgan fingerprint density at radius 1 is 0.964 bits per heavy atom. The molecule has 1 saturated heterocycles. The van der Waals surface area contributed by atoms with E-state index in [1.165, 1.54) is 24.8 Å². The molecule has 2 unspecified atom stereocenters. The molecule has 0 spiro atoms. The third kappa shape index (κ3) is 2.97. The Bertz CT molecular complexity index is 1040. The zero-order valence-corrected chi connectivity index (χ0v) is 17.4. The number of anilines is 1. The Hall–Kier alpha value is -2.42. The van der Waals surface area contributed by atoms with Gasteiger partial charge in [0.25, 0.3) is 0 Å². The van der Waals surface area contributed by atoms with Gasteiger partial charge in [-0.3, -0.25) is 0 Å². The molecule has 0 amide bonds. The molecule has 2 aliphatic rings. The van der Waals surface area contributed by atoms with Crippen LogP contribution in [0.1, 0.15) is 45.6 Å². The highest BCUT2D eigenvalue weighted by molar-refractivity contribution is 5.93. The smallest absolute Gasteiger partial charge is 0.226 e. The van der Waals surface area contributed by atoms with Gasteiger partial charge in [0.05, 0.1) is 11.2 Å². The number of rotatable bonds is 2. The number of aryl methyl sites for hydroxylation is 1. The van der Waals surface area contributed by atoms with E-state index in [4.69, 9.17) is 9.97 Å². The Balaban J connectivity index is 1.66. The van der Waals surface area contributed by atoms with Crippen LogP contribution in [-0.2, 0) is 0 Å². The molecule has 0 radical (unpaired) electrons. The van der Waals surface area contributed by atoms with E-state index in [9.17, 15) is 0 Å². The molecule has 3 aromatic rings. The van der Waals surface area contributed by atoms with E-state index in [-0.39, 0.29) is 0 Å². The average molecular weight is 372 g/mol. The molecule has 28 heavy (non-hydrogen) atoms. The number of hydrogen-bond donors (Lipinski definition) is 0. The molecule has 3 nitrogen and oxygen atoms in total. The second-order valence-electron chi connectivity index (χ2n) is 10.1. The maximum Gasteiger partial charge on any atom is 0.226 e. The lowest BCUT2D eigenvalue weighted by molar-refractivity contribution is 0.136. The van der Waals surface area contributed by atoms with Crippen LogP contribution in [0.5, 0.6) is 0 Å². The number of aromatic nitrogens is 2. The number of fused-ring (bicyclic) bond motifs is 3. The first-order valence-corrected chi connectivity index (χ1v) is 10.4. The van der Waals surface area contributed by atoms with Crippen LogP contribution >= 0.6 is 0 Å². The summed E-state index contributed by atoms with van der Waals surface area (Å²) in [7, 11) is 0. The van der Waals surface area contributed by atoms with Crippen LogP contribution in [0, 0.1) is 17.8 Å². The quantitative estimate of drug-likeness (QED) is 0.552. The summed E-state index contributed by atoms with van der Waals surface area (Å²) in [5.74, 6) is 0.904. The Labute approximate surface area is 167 Å². The van der Waals surface area contributed by atoms with Gasteiger partial charge in [-0.2, -0.15) is 0 Å². The van der Waals surface area contributed by atoms with Crippen molar-refractivity contribution < 1.29 is 0 Å². The lowest BCUT2D eigenvalue weighted by Crippen LogP contribution is -2.35. The standard InChI is InChI=1S/C25H29N3/c1-17-10-11-21-20(12-17)22(18-8-6-5-7-9-18)27-23(26-21)28-16-25(4)14-19(28)13-24(2,3)15-25/h5-12,19H,13-16H2,1-4H3. The van der Waals surface area contributed by atoms with E-state index >= 15 is 0 Å². The highest BCUT2D eigenvalue weighted by Gasteiger charge is 2.50. The molecule has 2 aromatic carbocycles. The second-order valence-corrected chi connectivity index (χ2v) is 10.1. The molecule has 5 rings (SSSR count). The van der Waals surface area contributed by atoms with Gasteiger partial charge >= 0.3 is 0 Å². The maximum absolute atomic E-state index is 5.15. The summed E-state index contributed by atoms with van der Waals surface area (Å²) in [6.45, 7) is 10.5. The Morgan fingerprint density at radius 3 is 2.54 bits per heavy atom. The minimum Gasteiger partial charge on any atom is -0.337 e. The van der Waals surface area contributed by atoms with Crippen molar-refractivity contribution in [1.82, 2.24) is 9.97 Å². The second kappa shape index (κ2) is 6.04. The molecule has 1 aliphatic heterocycles. The lowest BCUT2D eigenvalue weighted by atomic mass is 9.65. The van der Waals surface area contributed by atoms with Crippen LogP contribution < -0.4 is 4.90 Å². The van der Waals surface area contributed by atoms with Gasteiger partial charge in [0, 0.05) is 23.5 Å². The summed E-state index contributed by atoms with van der Waals surface area (Å²) in [6.07, 6.45) is 3.76. The molecule has 2 bridgehead atoms. The van der Waals surface area contributed by atoms with Crippen LogP contribution in [0.25, 0.3) is 22.2 Å². The van der Waals surface area contributed by atoms with E-state index in [1.54, 1.807) is 0 Å². The molecule has 3 heteroatoms. The van der Waals surface area contributed by atoms with Crippen LogP contribution in [0.2, 0.25) is 0 Å². The van der Waals surface area contributed by atoms with Crippen molar-refractivity contribution in [2.24, 2.45) is 10.8 Å². The molecule has 1 saturated carbocycles. The molecule has 2 heterocycles. The molecular weight excluding hydrogens is 342 g/mol. The van der Waals surface area contributed by atoms with E-state index in [1.807, 2.05) is 0 Å². The lowest BCUT2D eigenvalue weighted by Gasteiger charge is -2.39. The van der Waals surface area contributed by atoms with Gasteiger partial charge in [-0.1, -0.05) is 62.7 Å². The molecule has 2 atom stereocenters. The number of nitrogens with zero attached hydrogens (tertiary/aromatic N) is 3. The van der Waals surface area contributed by atoms with Gasteiger partial charge in [0.1, 0.15) is 0 Å². The molecular formula is C25H29N3. The summed E-state index contributed by atoms with van der Waals surface area (Å²) in [6, 6.07) is 17.6. The van der Waals surface area contributed by atoms with Gasteiger partial charge in [0.2, 0.25) is 5.95 Å². The molecule has 144 valence electrons. The van der Waals surface area contributed by atoms with E-state index in [0.29, 0.717) is 16.9 Å². The highest BCUT2D eigenvalue weighted by atomic mass is 15.3. The van der Waals surface area contributed by atoms with E-state index in [2.05, 4.69) is 81.1 Å². The summed E-state index contributed by atoms with van der Waals surface area (Å²) < 4.78 is 0. The van der Waals surface area contributed by atoms with Gasteiger partial charge in [-0.15, -0.1) is 0 Å². The summed E-state index contributed by atoms with van der Waals surface area (Å²) in [4.78, 5) is 12.7. The predicted molar refractivity (Wildman–Crippen MR) is 117 cm³/mol. The van der Waals surface area contributed by atoms with Crippen molar-refractivity contribution >= 4 is 16.9 Å². The average Bonchev–Trinajstić information content (AvgIpc) is 2.90. The Morgan fingerprint density at radius 2 is 1.75 bits per heavy atom. The fourth-order valence-electron chi connectivity index (χ4n) is 5.87. The third-order valence-electron chi connectivity index (χ3n) is 6.56. The van der Waals surface area contributed by atoms with Crippen LogP contribution in [-0.4, -0.2) is 22.6 Å². The van der Waals surface area contributed by atoms with Crippen molar-refractivity contribution in [3.05, 3.63) is 54.1 Å². The SMILES string of the molecule is Cc1ccc2nc(N3CC4(C)CC3CC(C)(C)C4)nc(-c3ccccc3)c2c1. The highest BCUT2D eigenvalue weighted by Crippen LogP contribution is 2.53. The predicted octanol–water partition coefficient (Wildman–Crippen LogP) is 6.01. The topological polar surface area (TPSA) is 29.0 Å². The first-order chi connectivity index (χ1) is 13.3. The summed E-state index contributed by atoms with van der Waals surface area (Å²) >= 11 is 0. The van der Waals surface area contributed by atoms with Gasteiger partial charge in [-0.05, 0) is 49.1 Å². The molecule has 1 aliphatic carbocycles.